The number of nitrogens with one attached hydrogen (secondary N) is 1. The van der Waals surface area contributed by atoms with E-state index in [2.05, 4.69) is 11.3 Å². The lowest BCUT2D eigenvalue weighted by atomic mass is 10.4. The molecule has 94 valence electrons. The summed E-state index contributed by atoms with van der Waals surface area (Å²) in [6, 6.07) is 0.938. The predicted molar refractivity (Wildman–Crippen MR) is 66.0 cm³/mol. The fourth-order valence-corrected chi connectivity index (χ4v) is 3.69. The van der Waals surface area contributed by atoms with Crippen LogP contribution in [-0.4, -0.2) is 19.9 Å². The zero-order valence-electron chi connectivity index (χ0n) is 8.77. The molecule has 0 bridgehead atoms. The summed E-state index contributed by atoms with van der Waals surface area (Å²) in [5.41, 5.74) is 0.220. The number of hydrogen-bond donors (Lipinski definition) is 1. The van der Waals surface area contributed by atoms with Crippen LogP contribution in [0, 0.1) is 10.1 Å². The number of sulfonamides is 1. The summed E-state index contributed by atoms with van der Waals surface area (Å²) in [6.45, 7) is 5.28. The Morgan fingerprint density at radius 1 is 1.71 bits per heavy atom. The summed E-state index contributed by atoms with van der Waals surface area (Å²) in [6.07, 6.45) is 0. The van der Waals surface area contributed by atoms with Crippen LogP contribution in [0.5, 0.6) is 0 Å². The standard InChI is InChI=1S/C8H9ClN2O4S2/c1-5(2)4-10-17(14,15)7-3-6(11(12)13)8(9)16-7/h3,10H,1,4H2,2H3. The molecule has 1 aromatic heterocycles. The third kappa shape index (κ3) is 3.50. The summed E-state index contributed by atoms with van der Waals surface area (Å²) in [7, 11) is -3.77. The van der Waals surface area contributed by atoms with E-state index in [1.165, 1.54) is 0 Å². The molecule has 1 rings (SSSR count). The van der Waals surface area contributed by atoms with Crippen LogP contribution in [0.15, 0.2) is 22.4 Å². The molecule has 17 heavy (non-hydrogen) atoms. The average molecular weight is 297 g/mol. The predicted octanol–water partition coefficient (Wildman–Crippen LogP) is 2.16. The molecule has 0 fully saturated rings. The average Bonchev–Trinajstić information content (AvgIpc) is 2.58. The lowest BCUT2D eigenvalue weighted by Crippen LogP contribution is -2.24. The number of thiophene rings is 1. The number of halogens is 1. The van der Waals surface area contributed by atoms with Crippen molar-refractivity contribution in [2.45, 2.75) is 11.1 Å². The van der Waals surface area contributed by atoms with Crippen LogP contribution in [-0.2, 0) is 10.0 Å². The molecule has 0 saturated heterocycles. The van der Waals surface area contributed by atoms with E-state index in [1.807, 2.05) is 0 Å². The molecule has 0 aliphatic rings. The van der Waals surface area contributed by atoms with Crippen LogP contribution in [0.1, 0.15) is 6.92 Å². The molecule has 0 radical (unpaired) electrons. The smallest absolute Gasteiger partial charge is 0.258 e. The van der Waals surface area contributed by atoms with E-state index in [-0.39, 0.29) is 15.1 Å². The maximum Gasteiger partial charge on any atom is 0.300 e. The van der Waals surface area contributed by atoms with Crippen LogP contribution < -0.4 is 4.72 Å². The summed E-state index contributed by atoms with van der Waals surface area (Å²) in [4.78, 5) is 9.80. The quantitative estimate of drug-likeness (QED) is 0.512. The lowest BCUT2D eigenvalue weighted by molar-refractivity contribution is -0.384. The fraction of sp³-hybridized carbons (Fsp3) is 0.250. The van der Waals surface area contributed by atoms with E-state index in [4.69, 9.17) is 11.6 Å². The van der Waals surface area contributed by atoms with Gasteiger partial charge in [-0.3, -0.25) is 10.1 Å². The zero-order valence-corrected chi connectivity index (χ0v) is 11.2. The van der Waals surface area contributed by atoms with Crippen molar-refractivity contribution in [3.8, 4) is 0 Å². The molecule has 9 heteroatoms. The maximum absolute atomic E-state index is 11.7. The van der Waals surface area contributed by atoms with Crippen LogP contribution >= 0.6 is 22.9 Å². The van der Waals surface area contributed by atoms with Gasteiger partial charge in [0.2, 0.25) is 0 Å². The third-order valence-electron chi connectivity index (χ3n) is 1.67. The van der Waals surface area contributed by atoms with E-state index >= 15 is 0 Å². The van der Waals surface area contributed by atoms with Gasteiger partial charge < -0.3 is 0 Å². The normalized spacial score (nSPS) is 11.4. The highest BCUT2D eigenvalue weighted by atomic mass is 35.5. The number of nitro groups is 1. The molecular weight excluding hydrogens is 288 g/mol. The van der Waals surface area contributed by atoms with Gasteiger partial charge in [-0.15, -0.1) is 11.3 Å². The van der Waals surface area contributed by atoms with Crippen LogP contribution in [0.25, 0.3) is 0 Å². The summed E-state index contributed by atoms with van der Waals surface area (Å²) >= 11 is 6.22. The van der Waals surface area contributed by atoms with Crippen molar-refractivity contribution >= 4 is 38.6 Å². The summed E-state index contributed by atoms with van der Waals surface area (Å²) in [5, 5.41) is 10.5. The van der Waals surface area contributed by atoms with Crippen LogP contribution in [0.2, 0.25) is 4.34 Å². The van der Waals surface area contributed by atoms with Crippen molar-refractivity contribution in [3.63, 3.8) is 0 Å². The molecule has 0 aliphatic heterocycles. The Morgan fingerprint density at radius 3 is 2.71 bits per heavy atom. The molecule has 1 heterocycles. The van der Waals surface area contributed by atoms with Gasteiger partial charge in [-0.25, -0.2) is 13.1 Å². The second-order valence-electron chi connectivity index (χ2n) is 3.26. The van der Waals surface area contributed by atoms with Gasteiger partial charge in [0.15, 0.2) is 4.34 Å². The molecule has 0 aliphatic carbocycles. The Morgan fingerprint density at radius 2 is 2.29 bits per heavy atom. The highest BCUT2D eigenvalue weighted by Gasteiger charge is 2.24. The summed E-state index contributed by atoms with van der Waals surface area (Å²) in [5.74, 6) is 0. The van der Waals surface area contributed by atoms with Gasteiger partial charge in [0.1, 0.15) is 4.21 Å². The van der Waals surface area contributed by atoms with Crippen LogP contribution in [0.3, 0.4) is 0 Å². The van der Waals surface area contributed by atoms with Gasteiger partial charge in [0.05, 0.1) is 4.92 Å². The minimum Gasteiger partial charge on any atom is -0.258 e. The molecule has 1 aromatic rings. The first-order valence-corrected chi connectivity index (χ1v) is 6.99. The van der Waals surface area contributed by atoms with E-state index < -0.39 is 20.6 Å². The molecule has 0 saturated carbocycles. The largest absolute Gasteiger partial charge is 0.300 e. The van der Waals surface area contributed by atoms with Crippen molar-refractivity contribution in [1.29, 1.82) is 0 Å². The first kappa shape index (κ1) is 14.1. The first-order valence-electron chi connectivity index (χ1n) is 4.32. The van der Waals surface area contributed by atoms with Crippen molar-refractivity contribution in [2.75, 3.05) is 6.54 Å². The highest BCUT2D eigenvalue weighted by molar-refractivity contribution is 7.91. The SMILES string of the molecule is C=C(C)CNS(=O)(=O)c1cc([N+](=O)[O-])c(Cl)s1. The van der Waals surface area contributed by atoms with Crippen molar-refractivity contribution < 1.29 is 13.3 Å². The molecule has 1 N–H and O–H groups in total. The first-order chi connectivity index (χ1) is 7.74. The molecular formula is C8H9ClN2O4S2. The lowest BCUT2D eigenvalue weighted by Gasteiger charge is -2.02. The minimum atomic E-state index is -3.77. The van der Waals surface area contributed by atoms with Crippen molar-refractivity contribution in [3.05, 3.63) is 32.7 Å². The van der Waals surface area contributed by atoms with Crippen molar-refractivity contribution in [2.24, 2.45) is 0 Å². The van der Waals surface area contributed by atoms with Gasteiger partial charge in [-0.05, 0) is 6.92 Å². The minimum absolute atomic E-state index is 0.0750. The molecule has 6 nitrogen and oxygen atoms in total. The molecule has 0 unspecified atom stereocenters. The topological polar surface area (TPSA) is 89.3 Å². The Balaban J connectivity index is 3.04. The Labute approximate surface area is 107 Å². The van der Waals surface area contributed by atoms with Gasteiger partial charge in [-0.2, -0.15) is 0 Å². The van der Waals surface area contributed by atoms with E-state index in [9.17, 15) is 18.5 Å². The number of hydrogen-bond acceptors (Lipinski definition) is 5. The van der Waals surface area contributed by atoms with Crippen LogP contribution in [0.4, 0.5) is 5.69 Å². The second kappa shape index (κ2) is 5.13. The molecule has 0 atom stereocenters. The molecule has 0 amide bonds. The van der Waals surface area contributed by atoms with E-state index in [0.29, 0.717) is 16.9 Å². The van der Waals surface area contributed by atoms with Gasteiger partial charge in [0.25, 0.3) is 15.7 Å². The Kier molecular flexibility index (Phi) is 4.26. The zero-order chi connectivity index (χ0) is 13.2. The monoisotopic (exact) mass is 296 g/mol. The van der Waals surface area contributed by atoms with Gasteiger partial charge in [-0.1, -0.05) is 23.8 Å². The van der Waals surface area contributed by atoms with E-state index in [0.717, 1.165) is 6.07 Å². The maximum atomic E-state index is 11.7. The second-order valence-corrected chi connectivity index (χ2v) is 6.91. The fourth-order valence-electron chi connectivity index (χ4n) is 0.885. The summed E-state index contributed by atoms with van der Waals surface area (Å²) < 4.78 is 25.3. The third-order valence-corrected chi connectivity index (χ3v) is 4.88. The van der Waals surface area contributed by atoms with E-state index in [1.54, 1.807) is 6.92 Å². The Hall–Kier alpha value is -0.960. The number of rotatable bonds is 5. The number of nitrogens with zero attached hydrogens (tertiary/aromatic N) is 1. The van der Waals surface area contributed by atoms with Gasteiger partial charge >= 0.3 is 0 Å². The highest BCUT2D eigenvalue weighted by Crippen LogP contribution is 2.35. The van der Waals surface area contributed by atoms with Crippen molar-refractivity contribution in [1.82, 2.24) is 4.72 Å². The Bertz CT molecular complexity index is 564. The molecule has 0 aromatic carbocycles. The van der Waals surface area contributed by atoms with Gasteiger partial charge in [0, 0.05) is 12.6 Å². The molecule has 0 spiro atoms.